The van der Waals surface area contributed by atoms with Crippen LogP contribution in [0.4, 0.5) is 0 Å². The quantitative estimate of drug-likeness (QED) is 0.735. The fourth-order valence-electron chi connectivity index (χ4n) is 2.76. The summed E-state index contributed by atoms with van der Waals surface area (Å²) in [5, 5.41) is 3.07. The zero-order valence-electron chi connectivity index (χ0n) is 16.5. The number of rotatable bonds is 5. The first kappa shape index (κ1) is 19.5. The molecule has 1 aromatic carbocycles. The largest absolute Gasteiger partial charge is 0.497 e. The number of hydrogen-bond acceptors (Lipinski definition) is 5. The van der Waals surface area contributed by atoms with Gasteiger partial charge in [0.25, 0.3) is 5.91 Å². The van der Waals surface area contributed by atoms with Crippen molar-refractivity contribution in [3.05, 3.63) is 83.7 Å². The van der Waals surface area contributed by atoms with Crippen LogP contribution in [0.5, 0.6) is 5.75 Å². The van der Waals surface area contributed by atoms with Gasteiger partial charge in [-0.1, -0.05) is 32.9 Å². The molecule has 0 fully saturated rings. The molecule has 0 saturated carbocycles. The van der Waals surface area contributed by atoms with Crippen LogP contribution in [0.3, 0.4) is 0 Å². The van der Waals surface area contributed by atoms with Crippen molar-refractivity contribution in [1.29, 1.82) is 0 Å². The third kappa shape index (κ3) is 4.52. The van der Waals surface area contributed by atoms with Crippen molar-refractivity contribution in [2.75, 3.05) is 7.11 Å². The van der Waals surface area contributed by atoms with Gasteiger partial charge in [-0.3, -0.25) is 9.78 Å². The van der Waals surface area contributed by atoms with Gasteiger partial charge in [0.05, 0.1) is 18.7 Å². The van der Waals surface area contributed by atoms with E-state index in [1.54, 1.807) is 31.9 Å². The number of aromatic nitrogens is 3. The fraction of sp³-hybridized carbons (Fsp3) is 0.273. The second-order valence-electron chi connectivity index (χ2n) is 7.51. The molecule has 6 nitrogen and oxygen atoms in total. The molecule has 1 N–H and O–H groups in total. The highest BCUT2D eigenvalue weighted by Crippen LogP contribution is 2.24. The van der Waals surface area contributed by atoms with E-state index in [1.807, 2.05) is 57.2 Å². The van der Waals surface area contributed by atoms with Gasteiger partial charge in [0.2, 0.25) is 0 Å². The van der Waals surface area contributed by atoms with Crippen molar-refractivity contribution >= 4 is 5.91 Å². The Labute approximate surface area is 165 Å². The van der Waals surface area contributed by atoms with E-state index in [9.17, 15) is 4.79 Å². The summed E-state index contributed by atoms with van der Waals surface area (Å²) in [6.45, 7) is 6.10. The van der Waals surface area contributed by atoms with Gasteiger partial charge in [-0.2, -0.15) is 0 Å². The van der Waals surface area contributed by atoms with Crippen LogP contribution in [-0.4, -0.2) is 28.0 Å². The number of hydrogen-bond donors (Lipinski definition) is 1. The number of carbonyl (C=O) groups excluding carboxylic acids is 1. The lowest BCUT2D eigenvalue weighted by atomic mass is 9.96. The van der Waals surface area contributed by atoms with E-state index in [-0.39, 0.29) is 17.4 Å². The number of methoxy groups -OCH3 is 1. The molecule has 6 heteroatoms. The highest BCUT2D eigenvalue weighted by molar-refractivity contribution is 5.94. The second-order valence-corrected chi connectivity index (χ2v) is 7.51. The summed E-state index contributed by atoms with van der Waals surface area (Å²) >= 11 is 0. The summed E-state index contributed by atoms with van der Waals surface area (Å²) in [5.74, 6) is 1.22. The molecule has 0 spiro atoms. The lowest BCUT2D eigenvalue weighted by Gasteiger charge is -2.20. The van der Waals surface area contributed by atoms with Crippen molar-refractivity contribution in [2.24, 2.45) is 0 Å². The Kier molecular flexibility index (Phi) is 5.68. The minimum atomic E-state index is -0.330. The van der Waals surface area contributed by atoms with Crippen LogP contribution in [0.1, 0.15) is 54.1 Å². The van der Waals surface area contributed by atoms with E-state index >= 15 is 0 Å². The van der Waals surface area contributed by atoms with E-state index in [2.05, 4.69) is 20.3 Å². The maximum absolute atomic E-state index is 12.9. The van der Waals surface area contributed by atoms with Crippen LogP contribution in [0, 0.1) is 0 Å². The van der Waals surface area contributed by atoms with Gasteiger partial charge in [-0.25, -0.2) is 9.97 Å². The van der Waals surface area contributed by atoms with E-state index in [1.165, 1.54) is 0 Å². The zero-order chi connectivity index (χ0) is 20.1. The highest BCUT2D eigenvalue weighted by Gasteiger charge is 2.21. The molecular formula is C22H24N4O2. The molecule has 2 aromatic heterocycles. The topological polar surface area (TPSA) is 77.0 Å². The molecule has 0 bridgehead atoms. The number of ether oxygens (including phenoxy) is 1. The average molecular weight is 376 g/mol. The van der Waals surface area contributed by atoms with Gasteiger partial charge in [-0.15, -0.1) is 0 Å². The summed E-state index contributed by atoms with van der Waals surface area (Å²) in [4.78, 5) is 25.6. The number of carbonyl (C=O) groups is 1. The molecule has 3 rings (SSSR count). The summed E-state index contributed by atoms with van der Waals surface area (Å²) < 4.78 is 5.23. The number of pyridine rings is 1. The predicted molar refractivity (Wildman–Crippen MR) is 107 cm³/mol. The van der Waals surface area contributed by atoms with Crippen LogP contribution in [0.2, 0.25) is 0 Å². The standard InChI is InChI=1S/C22H24N4O2/c1-22(2,3)21-24-13-17(14-25-21)20(27)26-19(16-9-11-23-12-10-16)15-5-7-18(28-4)8-6-15/h5-14,19H,1-4H3,(H,26,27)/t19-/m1/s1. The van der Waals surface area contributed by atoms with Gasteiger partial charge < -0.3 is 10.1 Å². The Balaban J connectivity index is 1.87. The minimum Gasteiger partial charge on any atom is -0.497 e. The number of benzene rings is 1. The molecule has 144 valence electrons. The third-order valence-corrected chi connectivity index (χ3v) is 4.35. The normalized spacial score (nSPS) is 12.3. The van der Waals surface area contributed by atoms with Crippen LogP contribution in [0.25, 0.3) is 0 Å². The smallest absolute Gasteiger partial charge is 0.255 e. The molecule has 3 aromatic rings. The average Bonchev–Trinajstić information content (AvgIpc) is 2.72. The van der Waals surface area contributed by atoms with Crippen LogP contribution >= 0.6 is 0 Å². The Hall–Kier alpha value is -3.28. The first-order valence-corrected chi connectivity index (χ1v) is 9.06. The Morgan fingerprint density at radius 2 is 1.54 bits per heavy atom. The number of nitrogens with one attached hydrogen (secondary N) is 1. The molecule has 0 aliphatic rings. The van der Waals surface area contributed by atoms with E-state index < -0.39 is 0 Å². The maximum Gasteiger partial charge on any atom is 0.255 e. The Morgan fingerprint density at radius 1 is 0.964 bits per heavy atom. The summed E-state index contributed by atoms with van der Waals surface area (Å²) in [7, 11) is 1.62. The van der Waals surface area contributed by atoms with Crippen molar-refractivity contribution in [2.45, 2.75) is 32.2 Å². The molecule has 0 aliphatic heterocycles. The lowest BCUT2D eigenvalue weighted by molar-refractivity contribution is 0.0942. The molecule has 0 saturated heterocycles. The zero-order valence-corrected chi connectivity index (χ0v) is 16.5. The van der Waals surface area contributed by atoms with Crippen molar-refractivity contribution in [3.8, 4) is 5.75 Å². The van der Waals surface area contributed by atoms with Gasteiger partial charge in [0.15, 0.2) is 0 Å². The van der Waals surface area contributed by atoms with Crippen LogP contribution in [0.15, 0.2) is 61.2 Å². The highest BCUT2D eigenvalue weighted by atomic mass is 16.5. The van der Waals surface area contributed by atoms with Crippen molar-refractivity contribution < 1.29 is 9.53 Å². The van der Waals surface area contributed by atoms with Gasteiger partial charge in [-0.05, 0) is 35.4 Å². The molecule has 1 atom stereocenters. The van der Waals surface area contributed by atoms with E-state index in [4.69, 9.17) is 4.74 Å². The SMILES string of the molecule is COc1ccc([C@@H](NC(=O)c2cnc(C(C)(C)C)nc2)c2ccncc2)cc1. The van der Waals surface area contributed by atoms with E-state index in [0.717, 1.165) is 16.9 Å². The molecule has 2 heterocycles. The monoisotopic (exact) mass is 376 g/mol. The molecule has 28 heavy (non-hydrogen) atoms. The lowest BCUT2D eigenvalue weighted by Crippen LogP contribution is -2.30. The minimum absolute atomic E-state index is 0.169. The number of amides is 1. The van der Waals surface area contributed by atoms with Gasteiger partial charge >= 0.3 is 0 Å². The second kappa shape index (κ2) is 8.17. The van der Waals surface area contributed by atoms with Crippen molar-refractivity contribution in [3.63, 3.8) is 0 Å². The molecule has 0 radical (unpaired) electrons. The number of nitrogens with zero attached hydrogens (tertiary/aromatic N) is 3. The Bertz CT molecular complexity index is 918. The first-order valence-electron chi connectivity index (χ1n) is 9.06. The Morgan fingerprint density at radius 3 is 2.07 bits per heavy atom. The summed E-state index contributed by atoms with van der Waals surface area (Å²) in [6.07, 6.45) is 6.56. The van der Waals surface area contributed by atoms with Crippen molar-refractivity contribution in [1.82, 2.24) is 20.3 Å². The van der Waals surface area contributed by atoms with Crippen LogP contribution < -0.4 is 10.1 Å². The molecule has 1 amide bonds. The van der Waals surface area contributed by atoms with Gasteiger partial charge in [0.1, 0.15) is 11.6 Å². The maximum atomic E-state index is 12.9. The molecule has 0 aliphatic carbocycles. The third-order valence-electron chi connectivity index (χ3n) is 4.35. The fourth-order valence-corrected chi connectivity index (χ4v) is 2.76. The van der Waals surface area contributed by atoms with E-state index in [0.29, 0.717) is 11.4 Å². The molecule has 0 unspecified atom stereocenters. The first-order chi connectivity index (χ1) is 13.4. The summed E-state index contributed by atoms with van der Waals surface area (Å²) in [6, 6.07) is 11.0. The molecular weight excluding hydrogens is 352 g/mol. The predicted octanol–water partition coefficient (Wildman–Crippen LogP) is 3.70. The summed E-state index contributed by atoms with van der Waals surface area (Å²) in [5.41, 5.74) is 2.12. The van der Waals surface area contributed by atoms with Crippen LogP contribution in [-0.2, 0) is 5.41 Å². The van der Waals surface area contributed by atoms with Gasteiger partial charge in [0, 0.05) is 30.2 Å².